The Balaban J connectivity index is 2.38. The summed E-state index contributed by atoms with van der Waals surface area (Å²) in [4.78, 5) is -0.300. The van der Waals surface area contributed by atoms with Crippen molar-refractivity contribution in [2.75, 3.05) is 13.1 Å². The average Bonchev–Trinajstić information content (AvgIpc) is 2.32. The third-order valence-corrected chi connectivity index (χ3v) is 5.31. The molecule has 0 spiro atoms. The quantitative estimate of drug-likeness (QED) is 0.893. The summed E-state index contributed by atoms with van der Waals surface area (Å²) >= 11 is 3.15. The number of hydrogen-bond acceptors (Lipinski definition) is 3. The lowest BCUT2D eigenvalue weighted by Crippen LogP contribution is -2.45. The van der Waals surface area contributed by atoms with Gasteiger partial charge in [0.15, 0.2) is 0 Å². The molecular formula is C11H14BrFN2O2S. The second kappa shape index (κ2) is 5.24. The maximum absolute atomic E-state index is 13.7. The zero-order chi connectivity index (χ0) is 13.3. The van der Waals surface area contributed by atoms with Gasteiger partial charge in [-0.1, -0.05) is 15.9 Å². The van der Waals surface area contributed by atoms with Gasteiger partial charge < -0.3 is 5.73 Å². The summed E-state index contributed by atoms with van der Waals surface area (Å²) in [6.45, 7) is 0.635. The van der Waals surface area contributed by atoms with Crippen molar-refractivity contribution in [3.8, 4) is 0 Å². The number of hydrogen-bond donors (Lipinski definition) is 1. The average molecular weight is 337 g/mol. The summed E-state index contributed by atoms with van der Waals surface area (Å²) in [5, 5.41) is 0. The van der Waals surface area contributed by atoms with Crippen LogP contribution in [0.4, 0.5) is 4.39 Å². The number of piperidine rings is 1. The topological polar surface area (TPSA) is 63.4 Å². The summed E-state index contributed by atoms with van der Waals surface area (Å²) in [5.41, 5.74) is 5.76. The first-order valence-electron chi connectivity index (χ1n) is 5.62. The molecule has 0 aromatic heterocycles. The van der Waals surface area contributed by atoms with Crippen molar-refractivity contribution in [3.05, 3.63) is 28.5 Å². The first-order chi connectivity index (χ1) is 8.41. The van der Waals surface area contributed by atoms with Gasteiger partial charge >= 0.3 is 0 Å². The maximum Gasteiger partial charge on any atom is 0.246 e. The number of sulfonamides is 1. The van der Waals surface area contributed by atoms with Gasteiger partial charge in [0.2, 0.25) is 10.0 Å². The fourth-order valence-corrected chi connectivity index (χ4v) is 4.14. The molecule has 100 valence electrons. The number of rotatable bonds is 2. The molecule has 2 N–H and O–H groups in total. The Bertz CT molecular complexity index is 550. The lowest BCUT2D eigenvalue weighted by Gasteiger charge is -2.29. The van der Waals surface area contributed by atoms with Crippen molar-refractivity contribution in [2.24, 2.45) is 5.73 Å². The van der Waals surface area contributed by atoms with Gasteiger partial charge in [-0.2, -0.15) is 4.31 Å². The lowest BCUT2D eigenvalue weighted by atomic mass is 10.1. The van der Waals surface area contributed by atoms with Crippen molar-refractivity contribution >= 4 is 26.0 Å². The summed E-state index contributed by atoms with van der Waals surface area (Å²) in [6, 6.07) is 3.71. The van der Waals surface area contributed by atoms with Crippen LogP contribution in [-0.2, 0) is 10.0 Å². The van der Waals surface area contributed by atoms with Crippen molar-refractivity contribution in [1.82, 2.24) is 4.31 Å². The molecule has 18 heavy (non-hydrogen) atoms. The van der Waals surface area contributed by atoms with Crippen molar-refractivity contribution in [3.63, 3.8) is 0 Å². The molecule has 0 amide bonds. The van der Waals surface area contributed by atoms with E-state index in [1.54, 1.807) is 0 Å². The summed E-state index contributed by atoms with van der Waals surface area (Å²) in [5.74, 6) is -0.739. The van der Waals surface area contributed by atoms with E-state index in [2.05, 4.69) is 15.9 Å². The Hall–Kier alpha value is -0.500. The Morgan fingerprint density at radius 1 is 1.44 bits per heavy atom. The summed E-state index contributed by atoms with van der Waals surface area (Å²) in [6.07, 6.45) is 1.50. The molecule has 1 saturated heterocycles. The molecule has 1 heterocycles. The molecule has 1 atom stereocenters. The molecule has 1 fully saturated rings. The largest absolute Gasteiger partial charge is 0.327 e. The second-order valence-corrected chi connectivity index (χ2v) is 7.16. The highest BCUT2D eigenvalue weighted by Crippen LogP contribution is 2.25. The summed E-state index contributed by atoms with van der Waals surface area (Å²) < 4.78 is 40.1. The van der Waals surface area contributed by atoms with E-state index in [9.17, 15) is 12.8 Å². The highest BCUT2D eigenvalue weighted by Gasteiger charge is 2.31. The number of nitrogens with zero attached hydrogens (tertiary/aromatic N) is 1. The van der Waals surface area contributed by atoms with Crippen LogP contribution in [0.1, 0.15) is 12.8 Å². The van der Waals surface area contributed by atoms with Gasteiger partial charge in [0.25, 0.3) is 0 Å². The smallest absolute Gasteiger partial charge is 0.246 e. The van der Waals surface area contributed by atoms with Crippen LogP contribution in [0.2, 0.25) is 0 Å². The van der Waals surface area contributed by atoms with E-state index in [-0.39, 0.29) is 17.5 Å². The fourth-order valence-electron chi connectivity index (χ4n) is 2.01. The van der Waals surface area contributed by atoms with Gasteiger partial charge in [0.05, 0.1) is 0 Å². The number of halogens is 2. The third kappa shape index (κ3) is 2.74. The van der Waals surface area contributed by atoms with Crippen LogP contribution in [0.25, 0.3) is 0 Å². The van der Waals surface area contributed by atoms with Crippen molar-refractivity contribution in [1.29, 1.82) is 0 Å². The Morgan fingerprint density at radius 3 is 2.83 bits per heavy atom. The van der Waals surface area contributed by atoms with Crippen LogP contribution in [0.15, 0.2) is 27.6 Å². The van der Waals surface area contributed by atoms with E-state index in [0.717, 1.165) is 12.5 Å². The normalized spacial score (nSPS) is 22.1. The molecule has 2 rings (SSSR count). The van der Waals surface area contributed by atoms with Gasteiger partial charge in [-0.05, 0) is 31.0 Å². The van der Waals surface area contributed by atoms with Crippen LogP contribution in [0.3, 0.4) is 0 Å². The molecule has 0 saturated carbocycles. The Kier molecular flexibility index (Phi) is 4.05. The zero-order valence-electron chi connectivity index (χ0n) is 9.64. The van der Waals surface area contributed by atoms with Gasteiger partial charge in [-0.15, -0.1) is 0 Å². The predicted molar refractivity (Wildman–Crippen MR) is 70.1 cm³/mol. The summed E-state index contributed by atoms with van der Waals surface area (Å²) in [7, 11) is -3.80. The fraction of sp³-hybridized carbons (Fsp3) is 0.455. The van der Waals surface area contributed by atoms with Crippen molar-refractivity contribution < 1.29 is 12.8 Å². The van der Waals surface area contributed by atoms with E-state index >= 15 is 0 Å². The van der Waals surface area contributed by atoms with Gasteiger partial charge in [0.1, 0.15) is 10.7 Å². The molecule has 4 nitrogen and oxygen atoms in total. The molecule has 0 aliphatic carbocycles. The Labute approximate surface area is 114 Å². The Morgan fingerprint density at radius 2 is 2.17 bits per heavy atom. The second-order valence-electron chi connectivity index (χ2n) is 4.34. The van der Waals surface area contributed by atoms with E-state index in [1.165, 1.54) is 16.4 Å². The monoisotopic (exact) mass is 336 g/mol. The molecular weight excluding hydrogens is 323 g/mol. The first-order valence-corrected chi connectivity index (χ1v) is 7.85. The number of nitrogens with two attached hydrogens (primary N) is 1. The van der Waals surface area contributed by atoms with Gasteiger partial charge in [-0.25, -0.2) is 12.8 Å². The van der Waals surface area contributed by atoms with Gasteiger partial charge in [0, 0.05) is 23.6 Å². The molecule has 1 aliphatic rings. The number of benzene rings is 1. The predicted octanol–water partition coefficient (Wildman–Crippen LogP) is 1.70. The first kappa shape index (κ1) is 13.9. The minimum atomic E-state index is -3.80. The highest BCUT2D eigenvalue weighted by atomic mass is 79.9. The standard InChI is InChI=1S/C11H14BrFN2O2S/c12-8-3-4-10(13)11(6-8)18(16,17)15-5-1-2-9(14)7-15/h3-4,6,9H,1-2,5,7,14H2. The molecule has 1 unspecified atom stereocenters. The highest BCUT2D eigenvalue weighted by molar-refractivity contribution is 9.10. The van der Waals surface area contributed by atoms with Crippen LogP contribution in [0, 0.1) is 5.82 Å². The van der Waals surface area contributed by atoms with E-state index in [1.807, 2.05) is 0 Å². The molecule has 7 heteroatoms. The van der Waals surface area contributed by atoms with E-state index < -0.39 is 15.8 Å². The molecule has 0 radical (unpaired) electrons. The van der Waals surface area contributed by atoms with Crippen molar-refractivity contribution in [2.45, 2.75) is 23.8 Å². The molecule has 1 aromatic carbocycles. The van der Waals surface area contributed by atoms with Crippen LogP contribution in [0.5, 0.6) is 0 Å². The van der Waals surface area contributed by atoms with Crippen LogP contribution in [-0.4, -0.2) is 31.9 Å². The lowest BCUT2D eigenvalue weighted by molar-refractivity contribution is 0.315. The van der Waals surface area contributed by atoms with E-state index in [0.29, 0.717) is 17.4 Å². The molecule has 1 aliphatic heterocycles. The van der Waals surface area contributed by atoms with Gasteiger partial charge in [-0.3, -0.25) is 0 Å². The van der Waals surface area contributed by atoms with Crippen LogP contribution < -0.4 is 5.73 Å². The zero-order valence-corrected chi connectivity index (χ0v) is 12.0. The third-order valence-electron chi connectivity index (χ3n) is 2.93. The molecule has 1 aromatic rings. The minimum Gasteiger partial charge on any atom is -0.327 e. The maximum atomic E-state index is 13.7. The molecule has 0 bridgehead atoms. The van der Waals surface area contributed by atoms with E-state index in [4.69, 9.17) is 5.73 Å². The van der Waals surface area contributed by atoms with Crippen LogP contribution >= 0.6 is 15.9 Å². The SMILES string of the molecule is NC1CCCN(S(=O)(=O)c2cc(Br)ccc2F)C1. The minimum absolute atomic E-state index is 0.177.